The van der Waals surface area contributed by atoms with E-state index in [0.29, 0.717) is 0 Å². The molecule has 3 aromatic carbocycles. The van der Waals surface area contributed by atoms with Crippen LogP contribution in [0.2, 0.25) is 0 Å². The molecule has 5 rings (SSSR count). The third-order valence-corrected chi connectivity index (χ3v) is 8.23. The summed E-state index contributed by atoms with van der Waals surface area (Å²) in [5, 5.41) is 14.4. The van der Waals surface area contributed by atoms with Crippen LogP contribution in [0.3, 0.4) is 0 Å². The average Bonchev–Trinajstić information content (AvgIpc) is 3.28. The van der Waals surface area contributed by atoms with Crippen molar-refractivity contribution in [2.24, 2.45) is 5.92 Å². The number of benzene rings is 3. The predicted octanol–water partition coefficient (Wildman–Crippen LogP) is 7.06. The Kier molecular flexibility index (Phi) is 8.32. The van der Waals surface area contributed by atoms with Gasteiger partial charge in [-0.3, -0.25) is 9.20 Å². The third-order valence-electron chi connectivity index (χ3n) is 8.23. The number of aliphatic hydroxyl groups excluding tert-OH is 1. The van der Waals surface area contributed by atoms with Gasteiger partial charge in [-0.25, -0.2) is 4.98 Å². The van der Waals surface area contributed by atoms with Gasteiger partial charge in [0.1, 0.15) is 5.65 Å². The lowest BCUT2D eigenvalue weighted by Crippen LogP contribution is -2.37. The number of nitrogens with zero attached hydrogens (tertiary/aromatic N) is 2. The highest BCUT2D eigenvalue weighted by atomic mass is 16.3. The molecule has 5 aromatic rings. The second-order valence-electron chi connectivity index (χ2n) is 10.8. The fraction of sp³-hybridized carbons (Fsp3) is 0.314. The van der Waals surface area contributed by atoms with Crippen molar-refractivity contribution in [2.45, 2.75) is 58.9 Å². The standard InChI is InChI=1S/C35H39N3O2/c1-5-26(6-2)33(35(40)37-31(22-39)27-12-8-7-9-13-27)28-18-16-25(17-19-28)21-30-29-14-10-11-15-32(29)38-24(4)20-23(3)36-34(30)38/h7-20,26,31,33,39H,5-6,21-22H2,1-4H3,(H,37,40)/t31-,33?/m0/s1. The maximum Gasteiger partial charge on any atom is 0.228 e. The fourth-order valence-electron chi connectivity index (χ4n) is 6.13. The second kappa shape index (κ2) is 12.1. The number of carbonyl (C=O) groups is 1. The van der Waals surface area contributed by atoms with Crippen molar-refractivity contribution in [3.8, 4) is 0 Å². The van der Waals surface area contributed by atoms with Gasteiger partial charge in [-0.1, -0.05) is 99.5 Å². The first-order valence-corrected chi connectivity index (χ1v) is 14.4. The molecule has 0 fully saturated rings. The molecule has 5 nitrogen and oxygen atoms in total. The van der Waals surface area contributed by atoms with Gasteiger partial charge in [0.2, 0.25) is 5.91 Å². The molecule has 206 valence electrons. The molecular formula is C35H39N3O2. The number of nitrogens with one attached hydrogen (secondary N) is 1. The van der Waals surface area contributed by atoms with E-state index < -0.39 is 6.04 Å². The lowest BCUT2D eigenvalue weighted by atomic mass is 9.81. The van der Waals surface area contributed by atoms with Gasteiger partial charge in [0, 0.05) is 28.8 Å². The molecule has 40 heavy (non-hydrogen) atoms. The van der Waals surface area contributed by atoms with Crippen LogP contribution >= 0.6 is 0 Å². The van der Waals surface area contributed by atoms with Crippen molar-refractivity contribution in [3.05, 3.63) is 119 Å². The minimum Gasteiger partial charge on any atom is -0.394 e. The number of aromatic nitrogens is 2. The largest absolute Gasteiger partial charge is 0.394 e. The maximum absolute atomic E-state index is 13.7. The number of hydrogen-bond acceptors (Lipinski definition) is 3. The first kappa shape index (κ1) is 27.6. The van der Waals surface area contributed by atoms with E-state index in [9.17, 15) is 9.90 Å². The van der Waals surface area contributed by atoms with Crippen LogP contribution in [0, 0.1) is 19.8 Å². The highest BCUT2D eigenvalue weighted by molar-refractivity contribution is 5.91. The number of carbonyl (C=O) groups excluding carboxylic acids is 1. The van der Waals surface area contributed by atoms with Gasteiger partial charge in [-0.05, 0) is 48.6 Å². The van der Waals surface area contributed by atoms with E-state index >= 15 is 0 Å². The van der Waals surface area contributed by atoms with Crippen LogP contribution in [0.4, 0.5) is 0 Å². The normalized spacial score (nSPS) is 13.2. The molecule has 0 bridgehead atoms. The molecule has 5 heteroatoms. The summed E-state index contributed by atoms with van der Waals surface area (Å²) in [5.74, 6) is -0.121. The maximum atomic E-state index is 13.7. The zero-order chi connectivity index (χ0) is 28.2. The molecule has 0 aliphatic heterocycles. The minimum atomic E-state index is -0.430. The summed E-state index contributed by atoms with van der Waals surface area (Å²) < 4.78 is 2.25. The summed E-state index contributed by atoms with van der Waals surface area (Å²) in [4.78, 5) is 18.6. The lowest BCUT2D eigenvalue weighted by Gasteiger charge is -2.27. The topological polar surface area (TPSA) is 66.6 Å². The first-order chi connectivity index (χ1) is 19.4. The molecule has 0 radical (unpaired) electrons. The fourth-order valence-corrected chi connectivity index (χ4v) is 6.13. The van der Waals surface area contributed by atoms with Crippen LogP contribution in [0.5, 0.6) is 0 Å². The van der Waals surface area contributed by atoms with E-state index in [-0.39, 0.29) is 24.3 Å². The molecule has 2 aromatic heterocycles. The molecule has 2 atom stereocenters. The van der Waals surface area contributed by atoms with E-state index in [1.807, 2.05) is 37.3 Å². The van der Waals surface area contributed by atoms with Crippen molar-refractivity contribution in [1.29, 1.82) is 0 Å². The minimum absolute atomic E-state index is 0.0380. The summed E-state index contributed by atoms with van der Waals surface area (Å²) >= 11 is 0. The summed E-state index contributed by atoms with van der Waals surface area (Å²) in [6.07, 6.45) is 2.56. The Morgan fingerprint density at radius 1 is 0.900 bits per heavy atom. The molecule has 0 aliphatic rings. The van der Waals surface area contributed by atoms with Crippen molar-refractivity contribution < 1.29 is 9.90 Å². The molecule has 2 heterocycles. The van der Waals surface area contributed by atoms with Crippen molar-refractivity contribution in [3.63, 3.8) is 0 Å². The van der Waals surface area contributed by atoms with Crippen LogP contribution in [0.25, 0.3) is 16.6 Å². The van der Waals surface area contributed by atoms with Crippen LogP contribution < -0.4 is 5.32 Å². The Bertz CT molecular complexity index is 1600. The Morgan fingerprint density at radius 3 is 2.25 bits per heavy atom. The van der Waals surface area contributed by atoms with E-state index in [2.05, 4.69) is 85.1 Å². The number of aliphatic hydroxyl groups is 1. The molecule has 0 saturated carbocycles. The van der Waals surface area contributed by atoms with Crippen molar-refractivity contribution in [1.82, 2.24) is 14.7 Å². The number of hydrogen-bond donors (Lipinski definition) is 2. The smallest absolute Gasteiger partial charge is 0.228 e. The van der Waals surface area contributed by atoms with Gasteiger partial charge in [-0.15, -0.1) is 0 Å². The second-order valence-corrected chi connectivity index (χ2v) is 10.8. The van der Waals surface area contributed by atoms with E-state index in [4.69, 9.17) is 4.98 Å². The van der Waals surface area contributed by atoms with Crippen LogP contribution in [-0.4, -0.2) is 27.0 Å². The summed E-state index contributed by atoms with van der Waals surface area (Å²) in [6, 6.07) is 28.4. The number of aryl methyl sites for hydroxylation is 2. The summed E-state index contributed by atoms with van der Waals surface area (Å²) in [7, 11) is 0. The number of fused-ring (bicyclic) bond motifs is 3. The Morgan fingerprint density at radius 2 is 1.57 bits per heavy atom. The zero-order valence-electron chi connectivity index (χ0n) is 23.9. The van der Waals surface area contributed by atoms with Gasteiger partial charge >= 0.3 is 0 Å². The summed E-state index contributed by atoms with van der Waals surface area (Å²) in [6.45, 7) is 8.32. The Hall–Kier alpha value is -3.96. The predicted molar refractivity (Wildman–Crippen MR) is 163 cm³/mol. The molecule has 1 unspecified atom stereocenters. The molecule has 2 N–H and O–H groups in total. The highest BCUT2D eigenvalue weighted by Gasteiger charge is 2.29. The molecule has 0 aliphatic carbocycles. The van der Waals surface area contributed by atoms with Gasteiger partial charge < -0.3 is 10.4 Å². The third kappa shape index (κ3) is 5.39. The van der Waals surface area contributed by atoms with E-state index in [1.165, 1.54) is 27.7 Å². The van der Waals surface area contributed by atoms with Crippen LogP contribution in [-0.2, 0) is 11.2 Å². The van der Waals surface area contributed by atoms with E-state index in [1.54, 1.807) is 0 Å². The Balaban J connectivity index is 1.46. The van der Waals surface area contributed by atoms with Gasteiger partial charge in [0.25, 0.3) is 0 Å². The molecular weight excluding hydrogens is 494 g/mol. The van der Waals surface area contributed by atoms with Gasteiger partial charge in [0.05, 0.1) is 24.1 Å². The molecule has 0 spiro atoms. The molecule has 0 saturated heterocycles. The summed E-state index contributed by atoms with van der Waals surface area (Å²) in [5.41, 5.74) is 8.70. The first-order valence-electron chi connectivity index (χ1n) is 14.4. The number of para-hydroxylation sites is 1. The number of amides is 1. The number of rotatable bonds is 10. The van der Waals surface area contributed by atoms with Gasteiger partial charge in [0.15, 0.2) is 0 Å². The zero-order valence-corrected chi connectivity index (χ0v) is 23.9. The SMILES string of the molecule is CCC(CC)C(C(=O)N[C@@H](CO)c1ccccc1)c1ccc(Cc2c3ccccc3n3c(C)cc(C)nc23)cc1. The quantitative estimate of drug-likeness (QED) is 0.202. The van der Waals surface area contributed by atoms with E-state index in [0.717, 1.165) is 41.7 Å². The van der Waals surface area contributed by atoms with Crippen LogP contribution in [0.15, 0.2) is 84.9 Å². The van der Waals surface area contributed by atoms with Crippen molar-refractivity contribution >= 4 is 22.5 Å². The van der Waals surface area contributed by atoms with Gasteiger partial charge in [-0.2, -0.15) is 0 Å². The van der Waals surface area contributed by atoms with Crippen LogP contribution in [0.1, 0.15) is 72.3 Å². The highest BCUT2D eigenvalue weighted by Crippen LogP contribution is 2.33. The average molecular weight is 534 g/mol. The monoisotopic (exact) mass is 533 g/mol. The van der Waals surface area contributed by atoms with Crippen molar-refractivity contribution in [2.75, 3.05) is 6.61 Å². The Labute approximate surface area is 236 Å². The lowest BCUT2D eigenvalue weighted by molar-refractivity contribution is -0.125. The molecule has 1 amide bonds.